The molecule has 0 bridgehead atoms. The van der Waals surface area contributed by atoms with Gasteiger partial charge in [-0.1, -0.05) is 12.2 Å². The van der Waals surface area contributed by atoms with Gasteiger partial charge in [-0.3, -0.25) is 10.1 Å². The third-order valence-corrected chi connectivity index (χ3v) is 2.17. The summed E-state index contributed by atoms with van der Waals surface area (Å²) < 4.78 is 13.0. The summed E-state index contributed by atoms with van der Waals surface area (Å²) >= 11 is 0. The summed E-state index contributed by atoms with van der Waals surface area (Å²) in [4.78, 5) is 10.1. The van der Waals surface area contributed by atoms with Gasteiger partial charge in [0.15, 0.2) is 0 Å². The lowest BCUT2D eigenvalue weighted by atomic mass is 10.2. The molecule has 1 rings (SSSR count). The van der Waals surface area contributed by atoms with Crippen LogP contribution in [0.25, 0.3) is 0 Å². The first-order valence-electron chi connectivity index (χ1n) is 5.27. The summed E-state index contributed by atoms with van der Waals surface area (Å²) in [5.41, 5.74) is 5.07. The van der Waals surface area contributed by atoms with Gasteiger partial charge in [-0.05, 0) is 6.07 Å². The maximum atomic E-state index is 13.0. The zero-order valence-corrected chi connectivity index (χ0v) is 9.54. The molecule has 0 fully saturated rings. The highest BCUT2D eigenvalue weighted by Gasteiger charge is 2.13. The molecule has 0 saturated heterocycles. The molecule has 0 aliphatic rings. The summed E-state index contributed by atoms with van der Waals surface area (Å²) in [7, 11) is 0. The lowest BCUT2D eigenvalue weighted by Crippen LogP contribution is -2.17. The highest BCUT2D eigenvalue weighted by Crippen LogP contribution is 2.24. The Labute approximate surface area is 103 Å². The number of halogens is 1. The number of nitro groups is 1. The number of hydrogen-bond donors (Lipinski definition) is 3. The first-order chi connectivity index (χ1) is 8.54. The van der Waals surface area contributed by atoms with E-state index >= 15 is 0 Å². The van der Waals surface area contributed by atoms with Crippen LogP contribution in [-0.2, 0) is 0 Å². The second kappa shape index (κ2) is 6.67. The molecule has 1 atom stereocenters. The van der Waals surface area contributed by atoms with E-state index in [0.717, 1.165) is 18.2 Å². The Bertz CT molecular complexity index is 451. The molecule has 4 N–H and O–H groups in total. The molecular weight excluding hydrogens is 241 g/mol. The van der Waals surface area contributed by atoms with Crippen molar-refractivity contribution in [1.82, 2.24) is 0 Å². The van der Waals surface area contributed by atoms with Gasteiger partial charge in [0.1, 0.15) is 11.5 Å². The standard InChI is InChI=1S/C11H14FN3O3/c12-8-3-4-11(15(17)18)10(6-8)14-5-1-2-9(16)7-13/h1-4,6,9,14,16H,5,7,13H2/b2-1+/t9-/m1/s1. The molecule has 0 radical (unpaired) electrons. The van der Waals surface area contributed by atoms with Crippen LogP contribution in [0.15, 0.2) is 30.4 Å². The van der Waals surface area contributed by atoms with E-state index in [2.05, 4.69) is 5.32 Å². The number of benzene rings is 1. The molecule has 0 amide bonds. The number of nitrogens with zero attached hydrogens (tertiary/aromatic N) is 1. The van der Waals surface area contributed by atoms with Crippen molar-refractivity contribution in [3.8, 4) is 0 Å². The van der Waals surface area contributed by atoms with E-state index in [1.165, 1.54) is 6.08 Å². The molecule has 18 heavy (non-hydrogen) atoms. The summed E-state index contributed by atoms with van der Waals surface area (Å²) in [6.45, 7) is 0.317. The summed E-state index contributed by atoms with van der Waals surface area (Å²) in [6, 6.07) is 3.17. The molecule has 0 aromatic heterocycles. The average Bonchev–Trinajstić information content (AvgIpc) is 2.34. The van der Waals surface area contributed by atoms with Gasteiger partial charge in [0.2, 0.25) is 0 Å². The number of nitro benzene ring substituents is 1. The van der Waals surface area contributed by atoms with Crippen LogP contribution < -0.4 is 11.1 Å². The number of nitrogens with two attached hydrogens (primary N) is 1. The second-order valence-electron chi connectivity index (χ2n) is 3.53. The van der Waals surface area contributed by atoms with Crippen LogP contribution in [0.4, 0.5) is 15.8 Å². The Morgan fingerprint density at radius 3 is 2.94 bits per heavy atom. The minimum absolute atomic E-state index is 0.0897. The van der Waals surface area contributed by atoms with Gasteiger partial charge < -0.3 is 16.2 Å². The van der Waals surface area contributed by atoms with Crippen molar-refractivity contribution in [3.63, 3.8) is 0 Å². The maximum absolute atomic E-state index is 13.0. The summed E-state index contributed by atoms with van der Waals surface area (Å²) in [6.07, 6.45) is 2.26. The van der Waals surface area contributed by atoms with E-state index < -0.39 is 16.8 Å². The maximum Gasteiger partial charge on any atom is 0.292 e. The van der Waals surface area contributed by atoms with E-state index in [1.807, 2.05) is 0 Å². The van der Waals surface area contributed by atoms with Crippen molar-refractivity contribution in [2.75, 3.05) is 18.4 Å². The number of anilines is 1. The molecule has 0 unspecified atom stereocenters. The van der Waals surface area contributed by atoms with Crippen LogP contribution in [0.5, 0.6) is 0 Å². The minimum Gasteiger partial charge on any atom is -0.388 e. The molecule has 7 heteroatoms. The van der Waals surface area contributed by atoms with Crippen LogP contribution >= 0.6 is 0 Å². The first-order valence-corrected chi connectivity index (χ1v) is 5.27. The van der Waals surface area contributed by atoms with Gasteiger partial charge in [-0.25, -0.2) is 4.39 Å². The molecule has 0 spiro atoms. The third-order valence-electron chi connectivity index (χ3n) is 2.17. The quantitative estimate of drug-likeness (QED) is 0.400. The topological polar surface area (TPSA) is 101 Å². The molecule has 98 valence electrons. The number of rotatable bonds is 6. The van der Waals surface area contributed by atoms with Gasteiger partial charge in [0.25, 0.3) is 5.69 Å². The van der Waals surface area contributed by atoms with Crippen LogP contribution in [0.3, 0.4) is 0 Å². The van der Waals surface area contributed by atoms with Gasteiger partial charge >= 0.3 is 0 Å². The van der Waals surface area contributed by atoms with Crippen molar-refractivity contribution >= 4 is 11.4 Å². The normalized spacial score (nSPS) is 12.6. The second-order valence-corrected chi connectivity index (χ2v) is 3.53. The molecule has 1 aromatic carbocycles. The minimum atomic E-state index is -0.755. The van der Waals surface area contributed by atoms with Crippen LogP contribution in [0.1, 0.15) is 0 Å². The zero-order chi connectivity index (χ0) is 13.5. The number of nitrogens with one attached hydrogen (secondary N) is 1. The fourth-order valence-corrected chi connectivity index (χ4v) is 1.28. The predicted octanol–water partition coefficient (Wildman–Crippen LogP) is 1.02. The Kier molecular flexibility index (Phi) is 5.22. The number of aliphatic hydroxyl groups is 1. The fraction of sp³-hybridized carbons (Fsp3) is 0.273. The molecule has 0 aliphatic carbocycles. The van der Waals surface area contributed by atoms with Crippen molar-refractivity contribution < 1.29 is 14.4 Å². The lowest BCUT2D eigenvalue weighted by molar-refractivity contribution is -0.384. The van der Waals surface area contributed by atoms with E-state index in [4.69, 9.17) is 10.8 Å². The predicted molar refractivity (Wildman–Crippen MR) is 65.7 cm³/mol. The molecule has 0 aliphatic heterocycles. The zero-order valence-electron chi connectivity index (χ0n) is 9.54. The number of hydrogen-bond acceptors (Lipinski definition) is 5. The van der Waals surface area contributed by atoms with Crippen LogP contribution in [0.2, 0.25) is 0 Å². The van der Waals surface area contributed by atoms with Gasteiger partial charge in [-0.2, -0.15) is 0 Å². The van der Waals surface area contributed by atoms with E-state index in [1.54, 1.807) is 6.08 Å². The van der Waals surface area contributed by atoms with E-state index in [9.17, 15) is 14.5 Å². The van der Waals surface area contributed by atoms with Crippen molar-refractivity contribution in [2.45, 2.75) is 6.10 Å². The molecule has 0 saturated carbocycles. The van der Waals surface area contributed by atoms with Crippen molar-refractivity contribution in [3.05, 3.63) is 46.3 Å². The number of aliphatic hydroxyl groups excluding tert-OH is 1. The molecule has 6 nitrogen and oxygen atoms in total. The Balaban J connectivity index is 2.69. The van der Waals surface area contributed by atoms with E-state index in [0.29, 0.717) is 0 Å². The van der Waals surface area contributed by atoms with Crippen LogP contribution in [0, 0.1) is 15.9 Å². The van der Waals surface area contributed by atoms with Crippen LogP contribution in [-0.4, -0.2) is 29.2 Å². The Hall–Kier alpha value is -1.99. The largest absolute Gasteiger partial charge is 0.388 e. The molecule has 0 heterocycles. The molecular formula is C11H14FN3O3. The highest BCUT2D eigenvalue weighted by atomic mass is 19.1. The highest BCUT2D eigenvalue weighted by molar-refractivity contribution is 5.61. The Morgan fingerprint density at radius 1 is 1.61 bits per heavy atom. The van der Waals surface area contributed by atoms with Crippen molar-refractivity contribution in [2.24, 2.45) is 5.73 Å². The third kappa shape index (κ3) is 4.11. The smallest absolute Gasteiger partial charge is 0.292 e. The van der Waals surface area contributed by atoms with Gasteiger partial charge in [0.05, 0.1) is 11.0 Å². The SMILES string of the molecule is NC[C@H](O)/C=C/CNc1cc(F)ccc1[N+](=O)[O-]. The van der Waals surface area contributed by atoms with E-state index in [-0.39, 0.29) is 24.5 Å². The van der Waals surface area contributed by atoms with Crippen molar-refractivity contribution in [1.29, 1.82) is 0 Å². The Morgan fingerprint density at radius 2 is 2.33 bits per heavy atom. The fourth-order valence-electron chi connectivity index (χ4n) is 1.28. The lowest BCUT2D eigenvalue weighted by Gasteiger charge is -2.05. The average molecular weight is 255 g/mol. The summed E-state index contributed by atoms with van der Waals surface area (Å²) in [5, 5.41) is 22.5. The molecule has 1 aromatic rings. The van der Waals surface area contributed by atoms with Gasteiger partial charge in [0, 0.05) is 25.2 Å². The monoisotopic (exact) mass is 255 g/mol. The summed E-state index contributed by atoms with van der Waals surface area (Å²) in [5.74, 6) is -0.561. The van der Waals surface area contributed by atoms with Gasteiger partial charge in [-0.15, -0.1) is 0 Å². The first kappa shape index (κ1) is 14.1.